The molecule has 0 saturated heterocycles. The average Bonchev–Trinajstić information content (AvgIpc) is 2.51. The van der Waals surface area contributed by atoms with Crippen LogP contribution >= 0.6 is 15.9 Å². The van der Waals surface area contributed by atoms with Crippen molar-refractivity contribution in [3.8, 4) is 5.75 Å². The number of nitrogens with zero attached hydrogens (tertiary/aromatic N) is 1. The number of guanidine groups is 1. The number of aliphatic imine (C=N–C) groups is 1. The number of hydrogen-bond acceptors (Lipinski definition) is 3. The van der Waals surface area contributed by atoms with E-state index in [9.17, 15) is 4.79 Å². The van der Waals surface area contributed by atoms with Crippen molar-refractivity contribution in [1.29, 1.82) is 0 Å². The minimum Gasteiger partial charge on any atom is -0.490 e. The monoisotopic (exact) mass is 409 g/mol. The molecule has 1 aliphatic carbocycles. The predicted octanol–water partition coefficient (Wildman–Crippen LogP) is 4.39. The van der Waals surface area contributed by atoms with E-state index in [1.807, 2.05) is 19.9 Å². The second-order valence-electron chi connectivity index (χ2n) is 6.77. The molecule has 25 heavy (non-hydrogen) atoms. The molecule has 1 amide bonds. The van der Waals surface area contributed by atoms with Crippen molar-refractivity contribution >= 4 is 27.8 Å². The van der Waals surface area contributed by atoms with Crippen molar-refractivity contribution < 1.29 is 9.53 Å². The van der Waals surface area contributed by atoms with Crippen molar-refractivity contribution in [3.63, 3.8) is 0 Å². The number of nitrogens with two attached hydrogens (primary N) is 1. The van der Waals surface area contributed by atoms with Gasteiger partial charge in [0.1, 0.15) is 5.75 Å². The van der Waals surface area contributed by atoms with Crippen LogP contribution in [-0.4, -0.2) is 24.0 Å². The van der Waals surface area contributed by atoms with Gasteiger partial charge in [0, 0.05) is 4.47 Å². The summed E-state index contributed by atoms with van der Waals surface area (Å²) < 4.78 is 6.53. The van der Waals surface area contributed by atoms with Gasteiger partial charge in [-0.25, -0.2) is 4.99 Å². The van der Waals surface area contributed by atoms with Crippen molar-refractivity contribution in [2.75, 3.05) is 0 Å². The van der Waals surface area contributed by atoms with Crippen molar-refractivity contribution in [2.45, 2.75) is 70.9 Å². The number of carbonyl (C=O) groups excluding carboxylic acids is 1. The molecule has 0 bridgehead atoms. The Morgan fingerprint density at radius 3 is 2.52 bits per heavy atom. The molecule has 0 heterocycles. The van der Waals surface area contributed by atoms with Gasteiger partial charge in [0.15, 0.2) is 5.96 Å². The smallest absolute Gasteiger partial charge is 0.261 e. The predicted molar refractivity (Wildman–Crippen MR) is 105 cm³/mol. The van der Waals surface area contributed by atoms with E-state index < -0.39 is 0 Å². The lowest BCUT2D eigenvalue weighted by atomic mass is 9.97. The summed E-state index contributed by atoms with van der Waals surface area (Å²) >= 11 is 3.40. The van der Waals surface area contributed by atoms with Gasteiger partial charge in [0.25, 0.3) is 5.91 Å². The van der Waals surface area contributed by atoms with Crippen LogP contribution in [-0.2, 0) is 0 Å². The van der Waals surface area contributed by atoms with E-state index in [1.54, 1.807) is 12.1 Å². The molecule has 1 saturated carbocycles. The molecule has 3 N–H and O–H groups in total. The van der Waals surface area contributed by atoms with E-state index in [2.05, 4.69) is 26.2 Å². The molecule has 0 spiro atoms. The van der Waals surface area contributed by atoms with E-state index in [0.29, 0.717) is 11.3 Å². The van der Waals surface area contributed by atoms with Crippen LogP contribution in [0.2, 0.25) is 0 Å². The number of amides is 1. The number of benzene rings is 1. The fourth-order valence-corrected chi connectivity index (χ4v) is 3.37. The summed E-state index contributed by atoms with van der Waals surface area (Å²) in [6.45, 7) is 3.85. The summed E-state index contributed by atoms with van der Waals surface area (Å²) in [7, 11) is 0. The average molecular weight is 410 g/mol. The maximum absolute atomic E-state index is 12.6. The molecule has 1 aliphatic rings. The summed E-state index contributed by atoms with van der Waals surface area (Å²) in [4.78, 5) is 17.1. The first kappa shape index (κ1) is 19.8. The topological polar surface area (TPSA) is 76.7 Å². The normalized spacial score (nSPS) is 17.0. The zero-order valence-corrected chi connectivity index (χ0v) is 16.6. The van der Waals surface area contributed by atoms with Crippen molar-refractivity contribution in [2.24, 2.45) is 10.7 Å². The lowest BCUT2D eigenvalue weighted by molar-refractivity contribution is 0.0970. The van der Waals surface area contributed by atoms with E-state index in [4.69, 9.17) is 10.5 Å². The molecule has 2 rings (SSSR count). The van der Waals surface area contributed by atoms with Gasteiger partial charge in [-0.3, -0.25) is 10.1 Å². The van der Waals surface area contributed by atoms with Gasteiger partial charge in [-0.15, -0.1) is 0 Å². The SMILES string of the molecule is CC(C)Oc1ccc(Br)cc1C(=O)NC(N)=NC1CCCCCCC1. The molecule has 0 atom stereocenters. The summed E-state index contributed by atoms with van der Waals surface area (Å²) in [5.74, 6) is 0.421. The number of halogens is 1. The third kappa shape index (κ3) is 6.69. The molecular formula is C19H28BrN3O2. The Morgan fingerprint density at radius 1 is 1.24 bits per heavy atom. The maximum atomic E-state index is 12.6. The summed E-state index contributed by atoms with van der Waals surface area (Å²) in [6.07, 6.45) is 8.22. The van der Waals surface area contributed by atoms with Gasteiger partial charge in [0.05, 0.1) is 17.7 Å². The first-order chi connectivity index (χ1) is 12.0. The van der Waals surface area contributed by atoms with Gasteiger partial charge in [-0.2, -0.15) is 0 Å². The van der Waals surface area contributed by atoms with Crippen LogP contribution in [0.4, 0.5) is 0 Å². The van der Waals surface area contributed by atoms with E-state index in [0.717, 1.165) is 17.3 Å². The second kappa shape index (κ2) is 9.80. The van der Waals surface area contributed by atoms with Crippen LogP contribution in [0, 0.1) is 0 Å². The van der Waals surface area contributed by atoms with Gasteiger partial charge < -0.3 is 10.5 Å². The number of nitrogens with one attached hydrogen (secondary N) is 1. The number of hydrogen-bond donors (Lipinski definition) is 2. The molecular weight excluding hydrogens is 382 g/mol. The largest absolute Gasteiger partial charge is 0.490 e. The van der Waals surface area contributed by atoms with Crippen LogP contribution in [0.15, 0.2) is 27.7 Å². The Kier molecular flexibility index (Phi) is 7.75. The minimum absolute atomic E-state index is 0.0198. The Balaban J connectivity index is 2.07. The van der Waals surface area contributed by atoms with E-state index in [1.165, 1.54) is 32.1 Å². The fourth-order valence-electron chi connectivity index (χ4n) is 3.01. The Labute approximate surface area is 158 Å². The van der Waals surface area contributed by atoms with E-state index in [-0.39, 0.29) is 24.0 Å². The molecule has 1 aromatic carbocycles. The van der Waals surface area contributed by atoms with Crippen LogP contribution in [0.1, 0.15) is 69.2 Å². The molecule has 138 valence electrons. The molecule has 0 aromatic heterocycles. The lowest BCUT2D eigenvalue weighted by Crippen LogP contribution is -2.38. The van der Waals surface area contributed by atoms with Gasteiger partial charge in [-0.05, 0) is 44.9 Å². The standard InChI is InChI=1S/C19H28BrN3O2/c1-13(2)25-17-11-10-14(20)12-16(17)18(24)23-19(21)22-15-8-6-4-3-5-7-9-15/h10-13,15H,3-9H2,1-2H3,(H3,21,22,23,24). The zero-order chi connectivity index (χ0) is 18.2. The van der Waals surface area contributed by atoms with Crippen molar-refractivity contribution in [1.82, 2.24) is 5.32 Å². The highest BCUT2D eigenvalue weighted by Crippen LogP contribution is 2.24. The molecule has 1 fully saturated rings. The molecule has 0 aliphatic heterocycles. The zero-order valence-electron chi connectivity index (χ0n) is 15.1. The van der Waals surface area contributed by atoms with Gasteiger partial charge in [-0.1, -0.05) is 48.0 Å². The quantitative estimate of drug-likeness (QED) is 0.571. The fraction of sp³-hybridized carbons (Fsp3) is 0.579. The summed E-state index contributed by atoms with van der Waals surface area (Å²) in [5, 5.41) is 2.71. The third-order valence-corrected chi connectivity index (χ3v) is 4.68. The highest BCUT2D eigenvalue weighted by molar-refractivity contribution is 9.10. The van der Waals surface area contributed by atoms with Crippen LogP contribution in [0.3, 0.4) is 0 Å². The second-order valence-corrected chi connectivity index (χ2v) is 7.69. The first-order valence-corrected chi connectivity index (χ1v) is 9.86. The lowest BCUT2D eigenvalue weighted by Gasteiger charge is -2.17. The Hall–Kier alpha value is -1.56. The molecule has 1 aromatic rings. The number of rotatable bonds is 4. The van der Waals surface area contributed by atoms with Crippen molar-refractivity contribution in [3.05, 3.63) is 28.2 Å². The molecule has 0 unspecified atom stereocenters. The Bertz CT molecular complexity index is 609. The van der Waals surface area contributed by atoms with Gasteiger partial charge >= 0.3 is 0 Å². The highest BCUT2D eigenvalue weighted by atomic mass is 79.9. The molecule has 6 heteroatoms. The molecule has 0 radical (unpaired) electrons. The maximum Gasteiger partial charge on any atom is 0.261 e. The van der Waals surface area contributed by atoms with Crippen LogP contribution < -0.4 is 15.8 Å². The summed E-state index contributed by atoms with van der Waals surface area (Å²) in [5.41, 5.74) is 6.43. The van der Waals surface area contributed by atoms with Gasteiger partial charge in [0.2, 0.25) is 0 Å². The molecule has 5 nitrogen and oxygen atoms in total. The van der Waals surface area contributed by atoms with E-state index >= 15 is 0 Å². The highest BCUT2D eigenvalue weighted by Gasteiger charge is 2.16. The summed E-state index contributed by atoms with van der Waals surface area (Å²) in [6, 6.07) is 5.56. The number of carbonyl (C=O) groups is 1. The number of ether oxygens (including phenoxy) is 1. The third-order valence-electron chi connectivity index (χ3n) is 4.19. The Morgan fingerprint density at radius 2 is 1.88 bits per heavy atom. The van der Waals surface area contributed by atoms with Crippen LogP contribution in [0.5, 0.6) is 5.75 Å². The minimum atomic E-state index is -0.302. The van der Waals surface area contributed by atoms with Crippen LogP contribution in [0.25, 0.3) is 0 Å². The first-order valence-electron chi connectivity index (χ1n) is 9.06.